The van der Waals surface area contributed by atoms with Crippen molar-refractivity contribution in [2.24, 2.45) is 5.10 Å². The smallest absolute Gasteiger partial charge is 0.311 e. The number of nitrogens with one attached hydrogen (secondary N) is 2. The van der Waals surface area contributed by atoms with E-state index < -0.39 is 10.7 Å². The van der Waals surface area contributed by atoms with E-state index in [0.29, 0.717) is 17.2 Å². The third-order valence-electron chi connectivity index (χ3n) is 1.98. The Kier molecular flexibility index (Phi) is 5.42. The van der Waals surface area contributed by atoms with E-state index in [-0.39, 0.29) is 5.69 Å². The van der Waals surface area contributed by atoms with Gasteiger partial charge >= 0.3 is 5.69 Å². The number of hydrazone groups is 1. The highest BCUT2D eigenvalue weighted by Gasteiger charge is 2.12. The zero-order valence-electron chi connectivity index (χ0n) is 9.87. The number of phenols is 1. The number of nitro benzene ring substituents is 1. The van der Waals surface area contributed by atoms with Gasteiger partial charge in [-0.05, 0) is 24.4 Å². The summed E-state index contributed by atoms with van der Waals surface area (Å²) in [6.07, 6.45) is 3.00. The van der Waals surface area contributed by atoms with Crippen molar-refractivity contribution in [3.63, 3.8) is 0 Å². The van der Waals surface area contributed by atoms with Crippen LogP contribution < -0.4 is 10.7 Å². The topological polar surface area (TPSA) is 99.8 Å². The van der Waals surface area contributed by atoms with Gasteiger partial charge < -0.3 is 10.4 Å². The van der Waals surface area contributed by atoms with E-state index in [1.165, 1.54) is 24.4 Å². The number of nitro groups is 1. The van der Waals surface area contributed by atoms with Gasteiger partial charge in [0, 0.05) is 18.2 Å². The molecule has 1 aromatic carbocycles. The first-order valence-electron chi connectivity index (χ1n) is 5.20. The van der Waals surface area contributed by atoms with Crippen LogP contribution in [0.1, 0.15) is 5.56 Å². The Balaban J connectivity index is 2.67. The molecule has 0 aliphatic rings. The Bertz CT molecular complexity index is 531. The molecule has 0 heterocycles. The van der Waals surface area contributed by atoms with E-state index in [2.05, 4.69) is 22.4 Å². The molecule has 0 radical (unpaired) electrons. The quantitative estimate of drug-likeness (QED) is 0.247. The number of hydrogen-bond acceptors (Lipinski definition) is 5. The Morgan fingerprint density at radius 2 is 2.37 bits per heavy atom. The van der Waals surface area contributed by atoms with Crippen LogP contribution in [0.25, 0.3) is 0 Å². The summed E-state index contributed by atoms with van der Waals surface area (Å²) in [5, 5.41) is 26.8. The average Bonchev–Trinajstić information content (AvgIpc) is 2.38. The Hall–Kier alpha value is -2.48. The van der Waals surface area contributed by atoms with Crippen molar-refractivity contribution in [3.05, 3.63) is 46.5 Å². The molecule has 0 aliphatic heterocycles. The molecule has 0 amide bonds. The van der Waals surface area contributed by atoms with Crippen LogP contribution in [0.5, 0.6) is 5.75 Å². The van der Waals surface area contributed by atoms with Crippen molar-refractivity contribution in [3.8, 4) is 5.75 Å². The monoisotopic (exact) mass is 280 g/mol. The van der Waals surface area contributed by atoms with Crippen molar-refractivity contribution < 1.29 is 10.0 Å². The van der Waals surface area contributed by atoms with E-state index in [0.717, 1.165) is 0 Å². The van der Waals surface area contributed by atoms with Crippen LogP contribution in [-0.4, -0.2) is 27.9 Å². The number of rotatable bonds is 5. The summed E-state index contributed by atoms with van der Waals surface area (Å²) in [7, 11) is 0. The lowest BCUT2D eigenvalue weighted by molar-refractivity contribution is -0.385. The molecule has 3 N–H and O–H groups in total. The van der Waals surface area contributed by atoms with Crippen molar-refractivity contribution in [1.82, 2.24) is 10.7 Å². The van der Waals surface area contributed by atoms with Crippen LogP contribution in [0.4, 0.5) is 5.69 Å². The molecule has 1 rings (SSSR count). The van der Waals surface area contributed by atoms with Crippen LogP contribution in [-0.2, 0) is 0 Å². The van der Waals surface area contributed by atoms with Crippen molar-refractivity contribution >= 4 is 29.2 Å². The van der Waals surface area contributed by atoms with Crippen LogP contribution in [0, 0.1) is 10.1 Å². The third kappa shape index (κ3) is 4.72. The molecule has 8 heteroatoms. The Morgan fingerprint density at radius 3 is 3.00 bits per heavy atom. The maximum atomic E-state index is 10.6. The van der Waals surface area contributed by atoms with Gasteiger partial charge in [-0.2, -0.15) is 5.10 Å². The fourth-order valence-corrected chi connectivity index (χ4v) is 1.27. The zero-order chi connectivity index (χ0) is 14.3. The van der Waals surface area contributed by atoms with Gasteiger partial charge in [-0.1, -0.05) is 6.08 Å². The number of hydrogen-bond donors (Lipinski definition) is 3. The van der Waals surface area contributed by atoms with Gasteiger partial charge in [0.2, 0.25) is 0 Å². The van der Waals surface area contributed by atoms with E-state index in [1.54, 1.807) is 6.08 Å². The summed E-state index contributed by atoms with van der Waals surface area (Å²) < 4.78 is 0. The van der Waals surface area contributed by atoms with E-state index in [9.17, 15) is 15.2 Å². The summed E-state index contributed by atoms with van der Waals surface area (Å²) in [6.45, 7) is 4.03. The summed E-state index contributed by atoms with van der Waals surface area (Å²) in [6, 6.07) is 3.93. The first-order valence-corrected chi connectivity index (χ1v) is 5.60. The van der Waals surface area contributed by atoms with Crippen molar-refractivity contribution in [2.75, 3.05) is 6.54 Å². The van der Waals surface area contributed by atoms with Gasteiger partial charge in [-0.3, -0.25) is 15.5 Å². The highest BCUT2D eigenvalue weighted by molar-refractivity contribution is 7.80. The summed E-state index contributed by atoms with van der Waals surface area (Å²) in [4.78, 5) is 9.95. The van der Waals surface area contributed by atoms with E-state index in [4.69, 9.17) is 12.2 Å². The average molecular weight is 280 g/mol. The number of phenolic OH excluding ortho intramolecular Hbond substituents is 1. The molecular formula is C11H12N4O3S. The second-order valence-electron chi connectivity index (χ2n) is 3.37. The van der Waals surface area contributed by atoms with Crippen LogP contribution >= 0.6 is 12.2 Å². The fraction of sp³-hybridized carbons (Fsp3) is 0.0909. The lowest BCUT2D eigenvalue weighted by Gasteiger charge is -2.03. The number of benzene rings is 1. The lowest BCUT2D eigenvalue weighted by atomic mass is 10.2. The predicted molar refractivity (Wildman–Crippen MR) is 76.3 cm³/mol. The molecule has 0 saturated heterocycles. The largest absolute Gasteiger partial charge is 0.502 e. The fourth-order valence-electron chi connectivity index (χ4n) is 1.14. The van der Waals surface area contributed by atoms with Gasteiger partial charge in [0.1, 0.15) is 0 Å². The van der Waals surface area contributed by atoms with E-state index >= 15 is 0 Å². The van der Waals surface area contributed by atoms with Gasteiger partial charge in [-0.25, -0.2) is 0 Å². The third-order valence-corrected chi connectivity index (χ3v) is 2.22. The van der Waals surface area contributed by atoms with Crippen LogP contribution in [0.3, 0.4) is 0 Å². The maximum absolute atomic E-state index is 10.6. The van der Waals surface area contributed by atoms with Gasteiger partial charge in [0.05, 0.1) is 11.1 Å². The molecule has 0 fully saturated rings. The van der Waals surface area contributed by atoms with Gasteiger partial charge in [0.15, 0.2) is 10.9 Å². The minimum absolute atomic E-state index is 0.310. The Morgan fingerprint density at radius 1 is 1.63 bits per heavy atom. The second kappa shape index (κ2) is 7.07. The first-order chi connectivity index (χ1) is 9.04. The highest BCUT2D eigenvalue weighted by atomic mass is 32.1. The summed E-state index contributed by atoms with van der Waals surface area (Å²) in [5.41, 5.74) is 2.62. The number of thiocarbonyl (C=S) groups is 1. The standard InChI is InChI=1S/C11H12N4O3S/c1-2-5-12-11(19)14-13-7-8-3-4-10(16)9(6-8)15(17)18/h2-4,6-7,16H,1,5H2,(H2,12,14,19)/b13-7+. The van der Waals surface area contributed by atoms with Gasteiger partial charge in [0.25, 0.3) is 0 Å². The minimum atomic E-state index is -0.670. The maximum Gasteiger partial charge on any atom is 0.311 e. The Labute approximate surface area is 114 Å². The molecule has 0 bridgehead atoms. The van der Waals surface area contributed by atoms with Crippen LogP contribution in [0.15, 0.2) is 36.0 Å². The molecule has 0 spiro atoms. The second-order valence-corrected chi connectivity index (χ2v) is 3.78. The molecule has 100 valence electrons. The molecular weight excluding hydrogens is 268 g/mol. The molecule has 1 aromatic rings. The normalized spacial score (nSPS) is 10.1. The number of nitrogens with zero attached hydrogens (tertiary/aromatic N) is 2. The zero-order valence-corrected chi connectivity index (χ0v) is 10.7. The lowest BCUT2D eigenvalue weighted by Crippen LogP contribution is -2.31. The minimum Gasteiger partial charge on any atom is -0.502 e. The van der Waals surface area contributed by atoms with Gasteiger partial charge in [-0.15, -0.1) is 6.58 Å². The number of aromatic hydroxyl groups is 1. The molecule has 0 atom stereocenters. The van der Waals surface area contributed by atoms with Crippen molar-refractivity contribution in [2.45, 2.75) is 0 Å². The first kappa shape index (κ1) is 14.6. The van der Waals surface area contributed by atoms with Crippen molar-refractivity contribution in [1.29, 1.82) is 0 Å². The summed E-state index contributed by atoms with van der Waals surface area (Å²) in [5.74, 6) is -0.390. The SMILES string of the molecule is C=CCNC(=S)N/N=C/c1ccc(O)c([N+](=O)[O-])c1. The van der Waals surface area contributed by atoms with Crippen LogP contribution in [0.2, 0.25) is 0 Å². The molecule has 19 heavy (non-hydrogen) atoms. The molecule has 0 aromatic heterocycles. The highest BCUT2D eigenvalue weighted by Crippen LogP contribution is 2.25. The summed E-state index contributed by atoms with van der Waals surface area (Å²) >= 11 is 4.89. The molecule has 0 saturated carbocycles. The predicted octanol–water partition coefficient (Wildman–Crippen LogP) is 1.28. The molecule has 7 nitrogen and oxygen atoms in total. The molecule has 0 unspecified atom stereocenters. The molecule has 0 aliphatic carbocycles. The van der Waals surface area contributed by atoms with E-state index in [1.807, 2.05) is 0 Å².